The van der Waals surface area contributed by atoms with Gasteiger partial charge in [0.15, 0.2) is 4.47 Å². The van der Waals surface area contributed by atoms with E-state index in [0.29, 0.717) is 10.5 Å². The largest absolute Gasteiger partial charge is 0.326 e. The van der Waals surface area contributed by atoms with Gasteiger partial charge in [-0.25, -0.2) is 4.98 Å². The van der Waals surface area contributed by atoms with Crippen LogP contribution in [0.25, 0.3) is 0 Å². The molecule has 1 saturated heterocycles. The van der Waals surface area contributed by atoms with E-state index in [4.69, 9.17) is 17.3 Å². The molecule has 80 valence electrons. The van der Waals surface area contributed by atoms with Gasteiger partial charge in [0.1, 0.15) is 0 Å². The number of thiazole rings is 1. The summed E-state index contributed by atoms with van der Waals surface area (Å²) >= 11 is 7.29. The average Bonchev–Trinajstić information content (AvgIpc) is 2.62. The standard InChI is InChI=1S/C8H12ClN3S.ClH/c9-8-11-3-7(13-8)5-12-2-1-6(10)4-12;/h3,6H,1-2,4-5,10H2;1H/t6-;/m0./s1. The van der Waals surface area contributed by atoms with Crippen LogP contribution >= 0.6 is 35.3 Å². The fourth-order valence-electron chi connectivity index (χ4n) is 1.58. The zero-order valence-corrected chi connectivity index (χ0v) is 10.0. The number of nitrogens with two attached hydrogens (primary N) is 1. The van der Waals surface area contributed by atoms with Crippen LogP contribution in [-0.2, 0) is 6.54 Å². The predicted molar refractivity (Wildman–Crippen MR) is 62.2 cm³/mol. The quantitative estimate of drug-likeness (QED) is 0.874. The third-order valence-corrected chi connectivity index (χ3v) is 3.31. The van der Waals surface area contributed by atoms with Gasteiger partial charge < -0.3 is 5.73 Å². The van der Waals surface area contributed by atoms with Crippen molar-refractivity contribution in [2.45, 2.75) is 19.0 Å². The van der Waals surface area contributed by atoms with Crippen molar-refractivity contribution >= 4 is 35.3 Å². The molecule has 0 unspecified atom stereocenters. The molecule has 2 heterocycles. The maximum absolute atomic E-state index is 5.80. The molecule has 0 saturated carbocycles. The van der Waals surface area contributed by atoms with Gasteiger partial charge in [-0.3, -0.25) is 4.90 Å². The Kier molecular flexibility index (Phi) is 4.60. The Morgan fingerprint density at radius 1 is 1.71 bits per heavy atom. The second-order valence-electron chi connectivity index (χ2n) is 3.36. The Morgan fingerprint density at radius 2 is 2.50 bits per heavy atom. The van der Waals surface area contributed by atoms with E-state index in [0.717, 1.165) is 26.1 Å². The number of halogens is 2. The van der Waals surface area contributed by atoms with Crippen molar-refractivity contribution in [3.63, 3.8) is 0 Å². The van der Waals surface area contributed by atoms with Crippen LogP contribution in [0.2, 0.25) is 4.47 Å². The fraction of sp³-hybridized carbons (Fsp3) is 0.625. The maximum Gasteiger partial charge on any atom is 0.183 e. The van der Waals surface area contributed by atoms with Crippen molar-refractivity contribution in [3.05, 3.63) is 15.5 Å². The molecular weight excluding hydrogens is 241 g/mol. The van der Waals surface area contributed by atoms with Crippen LogP contribution in [-0.4, -0.2) is 29.0 Å². The lowest BCUT2D eigenvalue weighted by Gasteiger charge is -2.12. The second kappa shape index (κ2) is 5.28. The van der Waals surface area contributed by atoms with Crippen molar-refractivity contribution in [3.8, 4) is 0 Å². The average molecular weight is 254 g/mol. The van der Waals surface area contributed by atoms with E-state index in [1.807, 2.05) is 6.20 Å². The van der Waals surface area contributed by atoms with Gasteiger partial charge in [-0.2, -0.15) is 0 Å². The summed E-state index contributed by atoms with van der Waals surface area (Å²) in [4.78, 5) is 7.57. The van der Waals surface area contributed by atoms with E-state index < -0.39 is 0 Å². The number of aromatic nitrogens is 1. The molecule has 1 aliphatic heterocycles. The van der Waals surface area contributed by atoms with Crippen LogP contribution in [0.3, 0.4) is 0 Å². The molecule has 1 fully saturated rings. The molecule has 2 rings (SSSR count). The van der Waals surface area contributed by atoms with E-state index in [-0.39, 0.29) is 12.4 Å². The van der Waals surface area contributed by atoms with Crippen molar-refractivity contribution in [1.82, 2.24) is 9.88 Å². The molecule has 0 amide bonds. The number of hydrogen-bond donors (Lipinski definition) is 1. The van der Waals surface area contributed by atoms with Crippen molar-refractivity contribution in [2.75, 3.05) is 13.1 Å². The molecule has 0 aromatic carbocycles. The molecule has 2 N–H and O–H groups in total. The number of likely N-dealkylation sites (tertiary alicyclic amines) is 1. The van der Waals surface area contributed by atoms with Crippen LogP contribution in [0.1, 0.15) is 11.3 Å². The zero-order valence-electron chi connectivity index (χ0n) is 7.65. The van der Waals surface area contributed by atoms with E-state index in [9.17, 15) is 0 Å². The highest BCUT2D eigenvalue weighted by atomic mass is 35.5. The summed E-state index contributed by atoms with van der Waals surface area (Å²) in [5, 5.41) is 0. The van der Waals surface area contributed by atoms with E-state index in [2.05, 4.69) is 9.88 Å². The Bertz CT molecular complexity index is 292. The molecule has 1 aliphatic rings. The number of nitrogens with zero attached hydrogens (tertiary/aromatic N) is 2. The zero-order chi connectivity index (χ0) is 9.26. The molecule has 1 atom stereocenters. The summed E-state index contributed by atoms with van der Waals surface area (Å²) in [6, 6.07) is 0.350. The predicted octanol–water partition coefficient (Wildman–Crippen LogP) is 1.75. The topological polar surface area (TPSA) is 42.1 Å². The monoisotopic (exact) mass is 253 g/mol. The summed E-state index contributed by atoms with van der Waals surface area (Å²) in [7, 11) is 0. The van der Waals surface area contributed by atoms with Crippen molar-refractivity contribution in [1.29, 1.82) is 0 Å². The first kappa shape index (κ1) is 12.2. The third kappa shape index (κ3) is 3.07. The van der Waals surface area contributed by atoms with Gasteiger partial charge in [-0.1, -0.05) is 11.6 Å². The Hall–Kier alpha value is 0.130. The molecule has 0 aliphatic carbocycles. The SMILES string of the molecule is Cl.N[C@H]1CCN(Cc2cnc(Cl)s2)C1. The number of hydrogen-bond acceptors (Lipinski definition) is 4. The summed E-state index contributed by atoms with van der Waals surface area (Å²) in [6.07, 6.45) is 2.95. The van der Waals surface area contributed by atoms with E-state index >= 15 is 0 Å². The first-order valence-electron chi connectivity index (χ1n) is 4.32. The first-order chi connectivity index (χ1) is 6.24. The van der Waals surface area contributed by atoms with Crippen molar-refractivity contribution < 1.29 is 0 Å². The van der Waals surface area contributed by atoms with Gasteiger partial charge in [0.25, 0.3) is 0 Å². The smallest absolute Gasteiger partial charge is 0.183 e. The summed E-state index contributed by atoms with van der Waals surface area (Å²) in [5.41, 5.74) is 5.80. The van der Waals surface area contributed by atoms with Crippen LogP contribution in [0, 0.1) is 0 Å². The lowest BCUT2D eigenvalue weighted by Crippen LogP contribution is -2.25. The van der Waals surface area contributed by atoms with Gasteiger partial charge in [-0.15, -0.1) is 23.7 Å². The minimum atomic E-state index is 0. The highest BCUT2D eigenvalue weighted by molar-refractivity contribution is 7.15. The Morgan fingerprint density at radius 3 is 3.00 bits per heavy atom. The molecule has 1 aromatic rings. The van der Waals surface area contributed by atoms with E-state index in [1.54, 1.807) is 11.3 Å². The van der Waals surface area contributed by atoms with Crippen LogP contribution in [0.5, 0.6) is 0 Å². The lowest BCUT2D eigenvalue weighted by atomic mass is 10.3. The molecule has 3 nitrogen and oxygen atoms in total. The van der Waals surface area contributed by atoms with Gasteiger partial charge in [0.2, 0.25) is 0 Å². The molecule has 1 aromatic heterocycles. The third-order valence-electron chi connectivity index (χ3n) is 2.21. The van der Waals surface area contributed by atoms with Crippen LogP contribution in [0.4, 0.5) is 0 Å². The van der Waals surface area contributed by atoms with Gasteiger partial charge >= 0.3 is 0 Å². The van der Waals surface area contributed by atoms with Gasteiger partial charge in [0, 0.05) is 36.8 Å². The molecule has 0 radical (unpaired) electrons. The Balaban J connectivity index is 0.000000980. The minimum Gasteiger partial charge on any atom is -0.326 e. The highest BCUT2D eigenvalue weighted by Gasteiger charge is 2.19. The summed E-state index contributed by atoms with van der Waals surface area (Å²) in [5.74, 6) is 0. The normalized spacial score (nSPS) is 22.3. The molecule has 14 heavy (non-hydrogen) atoms. The molecule has 0 spiro atoms. The van der Waals surface area contributed by atoms with Gasteiger partial charge in [-0.05, 0) is 6.42 Å². The Labute approximate surface area is 98.7 Å². The van der Waals surface area contributed by atoms with Crippen LogP contribution < -0.4 is 5.73 Å². The fourth-order valence-corrected chi connectivity index (χ4v) is 2.60. The first-order valence-corrected chi connectivity index (χ1v) is 5.51. The number of rotatable bonds is 2. The summed E-state index contributed by atoms with van der Waals surface area (Å²) < 4.78 is 0.624. The molecule has 0 bridgehead atoms. The lowest BCUT2D eigenvalue weighted by molar-refractivity contribution is 0.329. The molecule has 6 heteroatoms. The second-order valence-corrected chi connectivity index (χ2v) is 5.06. The van der Waals surface area contributed by atoms with Crippen molar-refractivity contribution in [2.24, 2.45) is 5.73 Å². The van der Waals surface area contributed by atoms with Crippen LogP contribution in [0.15, 0.2) is 6.20 Å². The van der Waals surface area contributed by atoms with E-state index in [1.165, 1.54) is 4.88 Å². The molecular formula is C8H13Cl2N3S. The minimum absolute atomic E-state index is 0. The summed E-state index contributed by atoms with van der Waals surface area (Å²) in [6.45, 7) is 3.03. The highest BCUT2D eigenvalue weighted by Crippen LogP contribution is 2.20. The van der Waals surface area contributed by atoms with Gasteiger partial charge in [0.05, 0.1) is 0 Å². The maximum atomic E-state index is 5.80.